The molecule has 0 atom stereocenters. The Labute approximate surface area is 158 Å². The first kappa shape index (κ1) is 20.8. The van der Waals surface area contributed by atoms with Crippen molar-refractivity contribution in [3.8, 4) is 0 Å². The van der Waals surface area contributed by atoms with Crippen molar-refractivity contribution in [1.29, 1.82) is 0 Å². The van der Waals surface area contributed by atoms with Gasteiger partial charge in [-0.2, -0.15) is 0 Å². The minimum atomic E-state index is -0.201. The number of likely N-dealkylation sites (tertiary alicyclic amines) is 1. The molecule has 0 aromatic heterocycles. The lowest BCUT2D eigenvalue weighted by atomic mass is 9.97. The molecule has 1 amide bonds. The Bertz CT molecular complexity index is 441. The smallest absolute Gasteiger partial charge is 0.409 e. The molecule has 7 heteroatoms. The molecule has 0 aromatic carbocycles. The Morgan fingerprint density at radius 3 is 2.27 bits per heavy atom. The highest BCUT2D eigenvalue weighted by Crippen LogP contribution is 2.18. The molecule has 0 aromatic rings. The number of guanidine groups is 1. The SMILES string of the molecule is CCCN1CCC(CN=C(NCC)N2CCN(C(=O)OCC)CC2)CC1. The number of hydrogen-bond donors (Lipinski definition) is 1. The van der Waals surface area contributed by atoms with Crippen LogP contribution in [0.2, 0.25) is 0 Å². The van der Waals surface area contributed by atoms with Crippen LogP contribution in [-0.4, -0.2) is 92.3 Å². The Morgan fingerprint density at radius 2 is 1.69 bits per heavy atom. The molecule has 2 saturated heterocycles. The van der Waals surface area contributed by atoms with E-state index in [0.29, 0.717) is 25.6 Å². The van der Waals surface area contributed by atoms with Crippen LogP contribution in [0, 0.1) is 5.92 Å². The lowest BCUT2D eigenvalue weighted by molar-refractivity contribution is 0.0914. The molecule has 0 radical (unpaired) electrons. The minimum absolute atomic E-state index is 0.201. The van der Waals surface area contributed by atoms with Crippen molar-refractivity contribution >= 4 is 12.1 Å². The fraction of sp³-hybridized carbons (Fsp3) is 0.895. The molecule has 1 N–H and O–H groups in total. The first-order chi connectivity index (χ1) is 12.7. The average Bonchev–Trinajstić information content (AvgIpc) is 2.67. The maximum absolute atomic E-state index is 11.8. The van der Waals surface area contributed by atoms with E-state index in [9.17, 15) is 4.79 Å². The summed E-state index contributed by atoms with van der Waals surface area (Å²) in [7, 11) is 0. The zero-order valence-corrected chi connectivity index (χ0v) is 16.9. The normalized spacial score (nSPS) is 20.3. The number of rotatable bonds is 6. The number of piperidine rings is 1. The standard InChI is InChI=1S/C19H37N5O2/c1-4-9-22-10-7-17(8-11-22)16-21-18(20-5-2)23-12-14-24(15-13-23)19(25)26-6-3/h17H,4-16H2,1-3H3,(H,20,21). The quantitative estimate of drug-likeness (QED) is 0.573. The van der Waals surface area contributed by atoms with Crippen LogP contribution in [0.5, 0.6) is 0 Å². The third-order valence-electron chi connectivity index (χ3n) is 5.19. The topological polar surface area (TPSA) is 60.4 Å². The fourth-order valence-corrected chi connectivity index (χ4v) is 3.67. The first-order valence-corrected chi connectivity index (χ1v) is 10.3. The van der Waals surface area contributed by atoms with Gasteiger partial charge in [-0.3, -0.25) is 4.99 Å². The van der Waals surface area contributed by atoms with Gasteiger partial charge in [0, 0.05) is 39.3 Å². The molecule has 26 heavy (non-hydrogen) atoms. The Hall–Kier alpha value is -1.50. The highest BCUT2D eigenvalue weighted by atomic mass is 16.6. The Kier molecular flexibility index (Phi) is 9.01. The maximum atomic E-state index is 11.8. The first-order valence-electron chi connectivity index (χ1n) is 10.3. The van der Waals surface area contributed by atoms with Crippen LogP contribution in [0.1, 0.15) is 40.0 Å². The predicted molar refractivity (Wildman–Crippen MR) is 106 cm³/mol. The van der Waals surface area contributed by atoms with E-state index in [0.717, 1.165) is 32.1 Å². The molecule has 0 aliphatic carbocycles. The number of carbonyl (C=O) groups excluding carboxylic acids is 1. The van der Waals surface area contributed by atoms with Crippen molar-refractivity contribution < 1.29 is 9.53 Å². The second-order valence-electron chi connectivity index (χ2n) is 7.15. The monoisotopic (exact) mass is 367 g/mol. The number of hydrogen-bond acceptors (Lipinski definition) is 4. The summed E-state index contributed by atoms with van der Waals surface area (Å²) < 4.78 is 5.10. The summed E-state index contributed by atoms with van der Waals surface area (Å²) in [5.41, 5.74) is 0. The van der Waals surface area contributed by atoms with Crippen LogP contribution in [0.25, 0.3) is 0 Å². The van der Waals surface area contributed by atoms with Gasteiger partial charge < -0.3 is 24.8 Å². The summed E-state index contributed by atoms with van der Waals surface area (Å²) in [6.45, 7) is 15.0. The number of piperazine rings is 1. The minimum Gasteiger partial charge on any atom is -0.450 e. The molecule has 0 saturated carbocycles. The highest BCUT2D eigenvalue weighted by Gasteiger charge is 2.24. The van der Waals surface area contributed by atoms with Crippen LogP contribution in [0.4, 0.5) is 4.79 Å². The number of amides is 1. The average molecular weight is 368 g/mol. The van der Waals surface area contributed by atoms with Gasteiger partial charge in [-0.1, -0.05) is 6.92 Å². The van der Waals surface area contributed by atoms with Crippen molar-refractivity contribution in [1.82, 2.24) is 20.0 Å². The molecule has 7 nitrogen and oxygen atoms in total. The summed E-state index contributed by atoms with van der Waals surface area (Å²) in [5, 5.41) is 3.42. The third kappa shape index (κ3) is 6.34. The molecule has 0 spiro atoms. The van der Waals surface area contributed by atoms with Gasteiger partial charge in [-0.05, 0) is 58.7 Å². The lowest BCUT2D eigenvalue weighted by Crippen LogP contribution is -2.54. The van der Waals surface area contributed by atoms with E-state index in [4.69, 9.17) is 9.73 Å². The summed E-state index contributed by atoms with van der Waals surface area (Å²) in [5.74, 6) is 1.68. The number of ether oxygens (including phenoxy) is 1. The van der Waals surface area contributed by atoms with Crippen LogP contribution < -0.4 is 5.32 Å². The van der Waals surface area contributed by atoms with E-state index in [2.05, 4.69) is 29.0 Å². The zero-order valence-electron chi connectivity index (χ0n) is 16.9. The third-order valence-corrected chi connectivity index (χ3v) is 5.19. The molecule has 2 fully saturated rings. The van der Waals surface area contributed by atoms with E-state index in [1.165, 1.54) is 38.9 Å². The number of nitrogens with zero attached hydrogens (tertiary/aromatic N) is 4. The molecule has 0 unspecified atom stereocenters. The van der Waals surface area contributed by atoms with Crippen LogP contribution in [0.15, 0.2) is 4.99 Å². The molecule has 2 aliphatic rings. The molecular formula is C19H37N5O2. The van der Waals surface area contributed by atoms with Gasteiger partial charge in [0.05, 0.1) is 6.61 Å². The van der Waals surface area contributed by atoms with E-state index >= 15 is 0 Å². The van der Waals surface area contributed by atoms with Crippen molar-refractivity contribution in [2.75, 3.05) is 65.5 Å². The summed E-state index contributed by atoms with van der Waals surface area (Å²) in [6, 6.07) is 0. The second kappa shape index (κ2) is 11.3. The van der Waals surface area contributed by atoms with Gasteiger partial charge in [0.15, 0.2) is 5.96 Å². The van der Waals surface area contributed by atoms with Crippen LogP contribution in [0.3, 0.4) is 0 Å². The summed E-state index contributed by atoms with van der Waals surface area (Å²) in [4.78, 5) is 23.4. The molecule has 150 valence electrons. The van der Waals surface area contributed by atoms with E-state index in [-0.39, 0.29) is 6.09 Å². The number of carbonyl (C=O) groups is 1. The van der Waals surface area contributed by atoms with Gasteiger partial charge in [0.25, 0.3) is 0 Å². The number of nitrogens with one attached hydrogen (secondary N) is 1. The summed E-state index contributed by atoms with van der Waals surface area (Å²) in [6.07, 6.45) is 3.54. The van der Waals surface area contributed by atoms with Crippen LogP contribution in [-0.2, 0) is 4.74 Å². The number of aliphatic imine (C=N–C) groups is 1. The van der Waals surface area contributed by atoms with Crippen molar-refractivity contribution in [3.05, 3.63) is 0 Å². The molecular weight excluding hydrogens is 330 g/mol. The van der Waals surface area contributed by atoms with E-state index in [1.807, 2.05) is 6.92 Å². The Morgan fingerprint density at radius 1 is 1.04 bits per heavy atom. The maximum Gasteiger partial charge on any atom is 0.409 e. The molecule has 2 rings (SSSR count). The van der Waals surface area contributed by atoms with Crippen LogP contribution >= 0.6 is 0 Å². The molecule has 0 bridgehead atoms. The second-order valence-corrected chi connectivity index (χ2v) is 7.15. The van der Waals surface area contributed by atoms with Gasteiger partial charge in [0.2, 0.25) is 0 Å². The predicted octanol–water partition coefficient (Wildman–Crippen LogP) is 1.85. The zero-order chi connectivity index (χ0) is 18.8. The fourth-order valence-electron chi connectivity index (χ4n) is 3.67. The van der Waals surface area contributed by atoms with Gasteiger partial charge >= 0.3 is 6.09 Å². The van der Waals surface area contributed by atoms with Gasteiger partial charge in [-0.15, -0.1) is 0 Å². The Balaban J connectivity index is 1.81. The van der Waals surface area contributed by atoms with E-state index < -0.39 is 0 Å². The highest BCUT2D eigenvalue weighted by molar-refractivity contribution is 5.80. The largest absolute Gasteiger partial charge is 0.450 e. The van der Waals surface area contributed by atoms with Crippen molar-refractivity contribution in [2.24, 2.45) is 10.9 Å². The van der Waals surface area contributed by atoms with E-state index in [1.54, 1.807) is 4.90 Å². The van der Waals surface area contributed by atoms with Crippen molar-refractivity contribution in [3.63, 3.8) is 0 Å². The summed E-state index contributed by atoms with van der Waals surface area (Å²) >= 11 is 0. The molecule has 2 aliphatic heterocycles. The van der Waals surface area contributed by atoms with Crippen molar-refractivity contribution in [2.45, 2.75) is 40.0 Å². The van der Waals surface area contributed by atoms with Gasteiger partial charge in [0.1, 0.15) is 0 Å². The lowest BCUT2D eigenvalue weighted by Gasteiger charge is -2.36. The van der Waals surface area contributed by atoms with Gasteiger partial charge in [-0.25, -0.2) is 4.79 Å². The molecule has 2 heterocycles.